The van der Waals surface area contributed by atoms with Gasteiger partial charge in [0, 0.05) is 25.1 Å². The van der Waals surface area contributed by atoms with E-state index in [0.717, 1.165) is 11.1 Å². The van der Waals surface area contributed by atoms with Crippen molar-refractivity contribution in [2.45, 2.75) is 13.3 Å². The largest absolute Gasteiger partial charge is 0.466 e. The Morgan fingerprint density at radius 2 is 2.04 bits per heavy atom. The van der Waals surface area contributed by atoms with Crippen LogP contribution in [0.5, 0.6) is 0 Å². The first kappa shape index (κ1) is 16.9. The molecule has 0 radical (unpaired) electrons. The Labute approximate surface area is 146 Å². The summed E-state index contributed by atoms with van der Waals surface area (Å²) >= 11 is 0. The molecule has 5 heteroatoms. The molecule has 0 saturated heterocycles. The van der Waals surface area contributed by atoms with Crippen LogP contribution in [0.1, 0.15) is 28.4 Å². The Morgan fingerprint density at radius 3 is 2.76 bits per heavy atom. The van der Waals surface area contributed by atoms with Crippen molar-refractivity contribution < 1.29 is 14.3 Å². The lowest BCUT2D eigenvalue weighted by Crippen LogP contribution is -2.31. The summed E-state index contributed by atoms with van der Waals surface area (Å²) in [5.41, 5.74) is 2.88. The summed E-state index contributed by atoms with van der Waals surface area (Å²) in [6.45, 7) is 2.11. The highest BCUT2D eigenvalue weighted by atomic mass is 16.5. The molecule has 1 aliphatic heterocycles. The smallest absolute Gasteiger partial charge is 0.313 e. The third-order valence-electron chi connectivity index (χ3n) is 4.27. The van der Waals surface area contributed by atoms with Crippen LogP contribution >= 0.6 is 0 Å². The van der Waals surface area contributed by atoms with E-state index >= 15 is 0 Å². The summed E-state index contributed by atoms with van der Waals surface area (Å²) in [7, 11) is 1.71. The fourth-order valence-corrected chi connectivity index (χ4v) is 2.98. The van der Waals surface area contributed by atoms with Crippen LogP contribution in [-0.2, 0) is 16.0 Å². The van der Waals surface area contributed by atoms with E-state index in [2.05, 4.69) is 4.98 Å². The Morgan fingerprint density at radius 1 is 1.28 bits per heavy atom. The molecule has 1 unspecified atom stereocenters. The molecule has 2 aromatic rings. The maximum absolute atomic E-state index is 12.9. The zero-order valence-electron chi connectivity index (χ0n) is 14.3. The summed E-state index contributed by atoms with van der Waals surface area (Å²) in [6, 6.07) is 11.4. The van der Waals surface area contributed by atoms with E-state index in [1.54, 1.807) is 37.3 Å². The first-order valence-electron chi connectivity index (χ1n) is 8.26. The highest BCUT2D eigenvalue weighted by Crippen LogP contribution is 2.28. The molecule has 1 amide bonds. The average Bonchev–Trinajstić information content (AvgIpc) is 2.64. The molecule has 0 bridgehead atoms. The predicted molar refractivity (Wildman–Crippen MR) is 94.6 cm³/mol. The minimum absolute atomic E-state index is 0.138. The monoisotopic (exact) mass is 336 g/mol. The van der Waals surface area contributed by atoms with Gasteiger partial charge in [0.25, 0.3) is 5.91 Å². The highest BCUT2D eigenvalue weighted by molar-refractivity contribution is 6.01. The van der Waals surface area contributed by atoms with Gasteiger partial charge in [-0.05, 0) is 36.6 Å². The van der Waals surface area contributed by atoms with Gasteiger partial charge in [0.05, 0.1) is 18.1 Å². The fraction of sp³-hybridized carbons (Fsp3) is 0.250. The first-order valence-corrected chi connectivity index (χ1v) is 8.26. The van der Waals surface area contributed by atoms with Crippen molar-refractivity contribution in [1.82, 2.24) is 9.88 Å². The summed E-state index contributed by atoms with van der Waals surface area (Å²) in [5, 5.41) is 0. The van der Waals surface area contributed by atoms with Gasteiger partial charge in [0.15, 0.2) is 0 Å². The molecule has 1 aliphatic rings. The third kappa shape index (κ3) is 3.45. The van der Waals surface area contributed by atoms with Crippen molar-refractivity contribution in [3.8, 4) is 0 Å². The van der Waals surface area contributed by atoms with Crippen molar-refractivity contribution in [3.63, 3.8) is 0 Å². The molecule has 0 saturated carbocycles. The normalized spacial score (nSPS) is 19.3. The van der Waals surface area contributed by atoms with Gasteiger partial charge >= 0.3 is 5.97 Å². The number of hydrogen-bond donors (Lipinski definition) is 0. The second-order valence-electron chi connectivity index (χ2n) is 5.88. The molecule has 3 rings (SSSR count). The summed E-state index contributed by atoms with van der Waals surface area (Å²) in [6.07, 6.45) is 5.43. The van der Waals surface area contributed by atoms with Crippen LogP contribution in [0.25, 0.3) is 5.70 Å². The number of nitrogens with zero attached hydrogens (tertiary/aromatic N) is 2. The standard InChI is InChI=1S/C20H20N2O3/c1-3-25-20(24)16-11-15-9-10-21-13-17(15)19(23)22(2)18(12-16)14-7-5-4-6-8-14/h4-10,12-13,16H,3,11H2,1-2H3/b18-12-. The van der Waals surface area contributed by atoms with Crippen molar-refractivity contribution >= 4 is 17.6 Å². The van der Waals surface area contributed by atoms with Crippen LogP contribution in [-0.4, -0.2) is 35.4 Å². The van der Waals surface area contributed by atoms with E-state index < -0.39 is 5.92 Å². The molecule has 5 nitrogen and oxygen atoms in total. The second-order valence-corrected chi connectivity index (χ2v) is 5.88. The summed E-state index contributed by atoms with van der Waals surface area (Å²) in [4.78, 5) is 31.0. The number of benzene rings is 1. The van der Waals surface area contributed by atoms with Gasteiger partial charge in [0.1, 0.15) is 0 Å². The van der Waals surface area contributed by atoms with Gasteiger partial charge in [0.2, 0.25) is 0 Å². The minimum Gasteiger partial charge on any atom is -0.466 e. The Hall–Kier alpha value is -2.95. The van der Waals surface area contributed by atoms with E-state index in [0.29, 0.717) is 24.3 Å². The van der Waals surface area contributed by atoms with Gasteiger partial charge in [-0.1, -0.05) is 30.3 Å². The number of aromatic nitrogens is 1. The Bertz CT molecular complexity index is 815. The zero-order valence-corrected chi connectivity index (χ0v) is 14.3. The molecular weight excluding hydrogens is 316 g/mol. The van der Waals surface area contributed by atoms with Gasteiger partial charge in [-0.15, -0.1) is 0 Å². The number of carbonyl (C=O) groups excluding carboxylic acids is 2. The molecule has 1 aromatic carbocycles. The fourth-order valence-electron chi connectivity index (χ4n) is 2.98. The van der Waals surface area contributed by atoms with E-state index in [-0.39, 0.29) is 11.9 Å². The number of carbonyl (C=O) groups is 2. The highest BCUT2D eigenvalue weighted by Gasteiger charge is 2.28. The average molecular weight is 336 g/mol. The lowest BCUT2D eigenvalue weighted by Gasteiger charge is -2.27. The first-order chi connectivity index (χ1) is 12.1. The van der Waals surface area contributed by atoms with E-state index in [9.17, 15) is 9.59 Å². The van der Waals surface area contributed by atoms with Gasteiger partial charge in [-0.25, -0.2) is 0 Å². The third-order valence-corrected chi connectivity index (χ3v) is 4.27. The van der Waals surface area contributed by atoms with Crippen molar-refractivity contribution in [1.29, 1.82) is 0 Å². The molecule has 0 N–H and O–H groups in total. The van der Waals surface area contributed by atoms with Crippen molar-refractivity contribution in [3.05, 3.63) is 71.6 Å². The Kier molecular flexibility index (Phi) is 4.93. The quantitative estimate of drug-likeness (QED) is 0.809. The maximum atomic E-state index is 12.9. The SMILES string of the molecule is CCOC(=O)C1/C=C(/c2ccccc2)N(C)C(=O)c2cnccc2C1. The molecule has 1 atom stereocenters. The molecular formula is C20H20N2O3. The van der Waals surface area contributed by atoms with Gasteiger partial charge in [-0.2, -0.15) is 0 Å². The van der Waals surface area contributed by atoms with Gasteiger partial charge in [-0.3, -0.25) is 14.6 Å². The number of hydrogen-bond acceptors (Lipinski definition) is 4. The number of fused-ring (bicyclic) bond motifs is 1. The lowest BCUT2D eigenvalue weighted by molar-refractivity contribution is -0.146. The van der Waals surface area contributed by atoms with Crippen LogP contribution in [0.3, 0.4) is 0 Å². The predicted octanol–water partition coefficient (Wildman–Crippen LogP) is 2.93. The number of ether oxygens (including phenoxy) is 1. The molecule has 128 valence electrons. The van der Waals surface area contributed by atoms with Crippen LogP contribution in [0, 0.1) is 5.92 Å². The lowest BCUT2D eigenvalue weighted by atomic mass is 9.92. The van der Waals surface area contributed by atoms with Crippen LogP contribution in [0.2, 0.25) is 0 Å². The van der Waals surface area contributed by atoms with Crippen molar-refractivity contribution in [2.24, 2.45) is 5.92 Å². The number of esters is 1. The molecule has 2 heterocycles. The number of amides is 1. The Balaban J connectivity index is 2.12. The van der Waals surface area contributed by atoms with Gasteiger partial charge < -0.3 is 9.64 Å². The number of rotatable bonds is 3. The van der Waals surface area contributed by atoms with E-state index in [1.165, 1.54) is 0 Å². The maximum Gasteiger partial charge on any atom is 0.313 e. The van der Waals surface area contributed by atoms with Crippen LogP contribution < -0.4 is 0 Å². The summed E-state index contributed by atoms with van der Waals surface area (Å²) in [5.74, 6) is -0.895. The molecule has 25 heavy (non-hydrogen) atoms. The van der Waals surface area contributed by atoms with Crippen LogP contribution in [0.4, 0.5) is 0 Å². The minimum atomic E-state index is -0.466. The molecule has 0 spiro atoms. The molecule has 1 aromatic heterocycles. The van der Waals surface area contributed by atoms with E-state index in [1.807, 2.05) is 36.4 Å². The zero-order chi connectivity index (χ0) is 17.8. The molecule has 0 aliphatic carbocycles. The van der Waals surface area contributed by atoms with Crippen molar-refractivity contribution in [2.75, 3.05) is 13.7 Å². The number of pyridine rings is 1. The second kappa shape index (κ2) is 7.30. The molecule has 0 fully saturated rings. The van der Waals surface area contributed by atoms with E-state index in [4.69, 9.17) is 4.74 Å². The summed E-state index contributed by atoms with van der Waals surface area (Å²) < 4.78 is 5.24. The topological polar surface area (TPSA) is 59.5 Å². The van der Waals surface area contributed by atoms with Crippen LogP contribution in [0.15, 0.2) is 54.9 Å².